The molecule has 3 nitrogen and oxygen atoms in total. The van der Waals surface area contributed by atoms with Crippen molar-refractivity contribution in [1.82, 2.24) is 0 Å². The van der Waals surface area contributed by atoms with E-state index in [1.807, 2.05) is 0 Å². The minimum absolute atomic E-state index is 0.0607. The number of nitrogens with two attached hydrogens (primary N) is 1. The monoisotopic (exact) mass is 270 g/mol. The molecule has 78 valence electrons. The van der Waals surface area contributed by atoms with Crippen LogP contribution in [0.2, 0.25) is 0 Å². The molecule has 0 saturated heterocycles. The molecule has 0 aliphatic carbocycles. The number of ether oxygens (including phenoxy) is 1. The Bertz CT molecular complexity index is 329. The molecule has 0 spiro atoms. The summed E-state index contributed by atoms with van der Waals surface area (Å²) in [5.74, 6) is 4.63. The third-order valence-corrected chi connectivity index (χ3v) is 1.82. The maximum atomic E-state index is 11.9. The summed E-state index contributed by atoms with van der Waals surface area (Å²) in [6.07, 6.45) is -4.73. The van der Waals surface area contributed by atoms with Crippen LogP contribution in [0.25, 0.3) is 0 Å². The highest BCUT2D eigenvalue weighted by Gasteiger charge is 2.32. The fourth-order valence-corrected chi connectivity index (χ4v) is 1.16. The number of nitrogen functional groups attached to an aromatic ring is 1. The van der Waals surface area contributed by atoms with Gasteiger partial charge < -0.3 is 10.2 Å². The summed E-state index contributed by atoms with van der Waals surface area (Å²) in [5, 5.41) is 0. The van der Waals surface area contributed by atoms with Gasteiger partial charge in [-0.15, -0.1) is 13.2 Å². The van der Waals surface area contributed by atoms with Crippen molar-refractivity contribution in [2.45, 2.75) is 6.36 Å². The normalized spacial score (nSPS) is 11.2. The predicted octanol–water partition coefficient (Wildman–Crippen LogP) is 2.63. The zero-order valence-electron chi connectivity index (χ0n) is 6.73. The molecular formula is C7H6BrF3N2O. The number of halogens is 4. The van der Waals surface area contributed by atoms with Gasteiger partial charge in [-0.05, 0) is 18.2 Å². The van der Waals surface area contributed by atoms with Crippen molar-refractivity contribution < 1.29 is 17.9 Å². The van der Waals surface area contributed by atoms with Crippen LogP contribution < -0.4 is 16.0 Å². The van der Waals surface area contributed by atoms with Crippen molar-refractivity contribution in [2.24, 2.45) is 5.84 Å². The summed E-state index contributed by atoms with van der Waals surface area (Å²) in [6, 6.07) is 4.08. The summed E-state index contributed by atoms with van der Waals surface area (Å²) < 4.78 is 39.9. The first-order chi connectivity index (χ1) is 6.42. The average molecular weight is 271 g/mol. The number of rotatable bonds is 2. The topological polar surface area (TPSA) is 47.3 Å². The van der Waals surface area contributed by atoms with Crippen LogP contribution in [0.15, 0.2) is 22.7 Å². The van der Waals surface area contributed by atoms with E-state index in [9.17, 15) is 13.2 Å². The molecule has 0 aromatic heterocycles. The second-order valence-electron chi connectivity index (χ2n) is 2.33. The largest absolute Gasteiger partial charge is 0.573 e. The van der Waals surface area contributed by atoms with E-state index in [1.165, 1.54) is 12.1 Å². The third kappa shape index (κ3) is 3.08. The van der Waals surface area contributed by atoms with E-state index in [1.54, 1.807) is 6.07 Å². The average Bonchev–Trinajstić information content (AvgIpc) is 2.01. The fourth-order valence-electron chi connectivity index (χ4n) is 0.825. The zero-order valence-corrected chi connectivity index (χ0v) is 8.32. The summed E-state index contributed by atoms with van der Waals surface area (Å²) in [5.41, 5.74) is 2.16. The molecule has 7 heteroatoms. The number of alkyl halides is 3. The Morgan fingerprint density at radius 2 is 2.00 bits per heavy atom. The van der Waals surface area contributed by atoms with E-state index in [2.05, 4.69) is 26.1 Å². The quantitative estimate of drug-likeness (QED) is 0.642. The standard InChI is InChI=1S/C7H6BrF3N2O/c8-4-1-2-5(13-12)6(3-4)14-7(9,10)11/h1-3,13H,12H2. The zero-order chi connectivity index (χ0) is 10.8. The van der Waals surface area contributed by atoms with Gasteiger partial charge in [0.2, 0.25) is 0 Å². The second kappa shape index (κ2) is 4.05. The van der Waals surface area contributed by atoms with Gasteiger partial charge in [0.05, 0.1) is 5.69 Å². The molecule has 0 saturated carbocycles. The number of hydrogen-bond acceptors (Lipinski definition) is 3. The molecular weight excluding hydrogens is 265 g/mol. The van der Waals surface area contributed by atoms with Crippen molar-refractivity contribution in [3.8, 4) is 5.75 Å². The SMILES string of the molecule is NNc1ccc(Br)cc1OC(F)(F)F. The van der Waals surface area contributed by atoms with Gasteiger partial charge in [-0.1, -0.05) is 15.9 Å². The van der Waals surface area contributed by atoms with Crippen LogP contribution in [-0.4, -0.2) is 6.36 Å². The smallest absolute Gasteiger partial charge is 0.403 e. The molecule has 1 aromatic rings. The highest BCUT2D eigenvalue weighted by atomic mass is 79.9. The van der Waals surface area contributed by atoms with Crippen molar-refractivity contribution in [2.75, 3.05) is 5.43 Å². The molecule has 1 aromatic carbocycles. The Morgan fingerprint density at radius 1 is 1.36 bits per heavy atom. The van der Waals surface area contributed by atoms with Crippen molar-refractivity contribution in [3.05, 3.63) is 22.7 Å². The van der Waals surface area contributed by atoms with E-state index in [4.69, 9.17) is 5.84 Å². The molecule has 0 bridgehead atoms. The van der Waals surface area contributed by atoms with Crippen LogP contribution in [0.5, 0.6) is 5.75 Å². The van der Waals surface area contributed by atoms with Gasteiger partial charge in [-0.2, -0.15) is 0 Å². The maximum Gasteiger partial charge on any atom is 0.573 e. The van der Waals surface area contributed by atoms with Gasteiger partial charge >= 0.3 is 6.36 Å². The van der Waals surface area contributed by atoms with Gasteiger partial charge in [0.15, 0.2) is 5.75 Å². The summed E-state index contributed by atoms with van der Waals surface area (Å²) in [4.78, 5) is 0. The van der Waals surface area contributed by atoms with Crippen LogP contribution in [0.4, 0.5) is 18.9 Å². The van der Waals surface area contributed by atoms with Gasteiger partial charge in [0.25, 0.3) is 0 Å². The van der Waals surface area contributed by atoms with Crippen LogP contribution in [0.1, 0.15) is 0 Å². The lowest BCUT2D eigenvalue weighted by Gasteiger charge is -2.12. The van der Waals surface area contributed by atoms with Crippen molar-refractivity contribution in [3.63, 3.8) is 0 Å². The first-order valence-electron chi connectivity index (χ1n) is 3.44. The number of hydrogen-bond donors (Lipinski definition) is 2. The minimum Gasteiger partial charge on any atom is -0.403 e. The predicted molar refractivity (Wildman–Crippen MR) is 48.6 cm³/mol. The summed E-state index contributed by atoms with van der Waals surface area (Å²) in [6.45, 7) is 0. The Morgan fingerprint density at radius 3 is 2.50 bits per heavy atom. The molecule has 0 atom stereocenters. The van der Waals surface area contributed by atoms with Crippen molar-refractivity contribution >= 4 is 21.6 Å². The second-order valence-corrected chi connectivity index (χ2v) is 3.25. The first kappa shape index (κ1) is 11.1. The number of benzene rings is 1. The molecule has 14 heavy (non-hydrogen) atoms. The van der Waals surface area contributed by atoms with Crippen molar-refractivity contribution in [1.29, 1.82) is 0 Å². The third-order valence-electron chi connectivity index (χ3n) is 1.32. The Kier molecular flexibility index (Phi) is 3.22. The Labute approximate surface area is 86.1 Å². The molecule has 1 rings (SSSR count). The maximum absolute atomic E-state index is 11.9. The minimum atomic E-state index is -4.73. The Balaban J connectivity index is 2.99. The molecule has 0 unspecified atom stereocenters. The van der Waals surface area contributed by atoms with Gasteiger partial charge in [-0.3, -0.25) is 5.84 Å². The molecule has 0 amide bonds. The van der Waals surface area contributed by atoms with Crippen LogP contribution >= 0.6 is 15.9 Å². The van der Waals surface area contributed by atoms with Crippen LogP contribution in [-0.2, 0) is 0 Å². The number of nitrogens with one attached hydrogen (secondary N) is 1. The highest BCUT2D eigenvalue weighted by molar-refractivity contribution is 9.10. The van der Waals surface area contributed by atoms with Gasteiger partial charge in [0.1, 0.15) is 0 Å². The molecule has 3 N–H and O–H groups in total. The van der Waals surface area contributed by atoms with E-state index >= 15 is 0 Å². The lowest BCUT2D eigenvalue weighted by Crippen LogP contribution is -2.19. The highest BCUT2D eigenvalue weighted by Crippen LogP contribution is 2.32. The number of anilines is 1. The fraction of sp³-hybridized carbons (Fsp3) is 0.143. The lowest BCUT2D eigenvalue weighted by atomic mass is 10.3. The van der Waals surface area contributed by atoms with E-state index < -0.39 is 6.36 Å². The number of hydrazine groups is 1. The summed E-state index contributed by atoms with van der Waals surface area (Å²) in [7, 11) is 0. The molecule has 0 radical (unpaired) electrons. The van der Waals surface area contributed by atoms with Gasteiger partial charge in [-0.25, -0.2) is 0 Å². The molecule has 0 aliphatic heterocycles. The van der Waals surface area contributed by atoms with E-state index in [0.29, 0.717) is 4.47 Å². The van der Waals surface area contributed by atoms with Gasteiger partial charge in [0, 0.05) is 4.47 Å². The molecule has 0 heterocycles. The van der Waals surface area contributed by atoms with Crippen LogP contribution in [0, 0.1) is 0 Å². The first-order valence-corrected chi connectivity index (χ1v) is 4.23. The molecule has 0 fully saturated rings. The Hall–Kier alpha value is -0.950. The summed E-state index contributed by atoms with van der Waals surface area (Å²) >= 11 is 3.02. The van der Waals surface area contributed by atoms with Crippen LogP contribution in [0.3, 0.4) is 0 Å². The van der Waals surface area contributed by atoms with E-state index in [-0.39, 0.29) is 11.4 Å². The lowest BCUT2D eigenvalue weighted by molar-refractivity contribution is -0.274. The van der Waals surface area contributed by atoms with E-state index in [0.717, 1.165) is 0 Å². The molecule has 0 aliphatic rings.